The van der Waals surface area contributed by atoms with E-state index < -0.39 is 0 Å². The number of fused-ring (bicyclic) bond motifs is 1. The highest BCUT2D eigenvalue weighted by Crippen LogP contribution is 2.30. The minimum Gasteiger partial charge on any atom is -0.326 e. The van der Waals surface area contributed by atoms with Crippen LogP contribution in [0.25, 0.3) is 0 Å². The van der Waals surface area contributed by atoms with Gasteiger partial charge in [-0.3, -0.25) is 4.90 Å². The fourth-order valence-electron chi connectivity index (χ4n) is 3.59. The topological polar surface area (TPSA) is 29.3 Å². The Labute approximate surface area is 110 Å². The molecule has 1 aliphatic carbocycles. The zero-order chi connectivity index (χ0) is 12.5. The molecule has 0 amide bonds. The van der Waals surface area contributed by atoms with Crippen LogP contribution in [-0.4, -0.2) is 23.5 Å². The second-order valence-corrected chi connectivity index (χ2v) is 6.14. The average molecular weight is 244 g/mol. The number of hydrogen-bond donors (Lipinski definition) is 1. The minimum absolute atomic E-state index is 0.381. The molecule has 3 rings (SSSR count). The molecule has 1 aliphatic heterocycles. The van der Waals surface area contributed by atoms with Crippen LogP contribution in [0.3, 0.4) is 0 Å². The van der Waals surface area contributed by atoms with Crippen molar-refractivity contribution in [3.05, 3.63) is 35.4 Å². The van der Waals surface area contributed by atoms with Crippen molar-refractivity contribution in [1.82, 2.24) is 4.90 Å². The smallest absolute Gasteiger partial charge is 0.0253 e. The van der Waals surface area contributed by atoms with Crippen LogP contribution in [0, 0.1) is 5.92 Å². The Kier molecular flexibility index (Phi) is 3.40. The van der Waals surface area contributed by atoms with Crippen molar-refractivity contribution >= 4 is 0 Å². The van der Waals surface area contributed by atoms with E-state index in [1.807, 2.05) is 0 Å². The van der Waals surface area contributed by atoms with E-state index in [2.05, 4.69) is 36.1 Å². The molecule has 98 valence electrons. The van der Waals surface area contributed by atoms with Crippen LogP contribution in [0.5, 0.6) is 0 Å². The summed E-state index contributed by atoms with van der Waals surface area (Å²) in [4.78, 5) is 2.63. The van der Waals surface area contributed by atoms with Gasteiger partial charge >= 0.3 is 0 Å². The van der Waals surface area contributed by atoms with Crippen LogP contribution < -0.4 is 5.73 Å². The van der Waals surface area contributed by atoms with E-state index in [4.69, 9.17) is 5.73 Å². The molecule has 2 N–H and O–H groups in total. The molecule has 3 atom stereocenters. The molecule has 1 heterocycles. The number of nitrogens with zero attached hydrogens (tertiary/aromatic N) is 1. The van der Waals surface area contributed by atoms with Gasteiger partial charge in [0, 0.05) is 25.2 Å². The summed E-state index contributed by atoms with van der Waals surface area (Å²) in [6.45, 7) is 4.65. The van der Waals surface area contributed by atoms with E-state index >= 15 is 0 Å². The van der Waals surface area contributed by atoms with Crippen LogP contribution >= 0.6 is 0 Å². The number of benzene rings is 1. The highest BCUT2D eigenvalue weighted by molar-refractivity contribution is 5.29. The summed E-state index contributed by atoms with van der Waals surface area (Å²) in [5, 5.41) is 0. The van der Waals surface area contributed by atoms with Crippen molar-refractivity contribution in [2.75, 3.05) is 6.54 Å². The van der Waals surface area contributed by atoms with Crippen molar-refractivity contribution in [1.29, 1.82) is 0 Å². The Morgan fingerprint density at radius 3 is 2.78 bits per heavy atom. The summed E-state index contributed by atoms with van der Waals surface area (Å²) in [6, 6.07) is 9.85. The third kappa shape index (κ3) is 2.32. The van der Waals surface area contributed by atoms with E-state index in [9.17, 15) is 0 Å². The Bertz CT molecular complexity index is 415. The van der Waals surface area contributed by atoms with E-state index in [1.165, 1.54) is 43.4 Å². The van der Waals surface area contributed by atoms with Gasteiger partial charge in [0.1, 0.15) is 0 Å². The van der Waals surface area contributed by atoms with Gasteiger partial charge in [-0.1, -0.05) is 31.2 Å². The van der Waals surface area contributed by atoms with E-state index in [0.717, 1.165) is 12.5 Å². The molecule has 2 heteroatoms. The Hall–Kier alpha value is -0.860. The summed E-state index contributed by atoms with van der Waals surface area (Å²) >= 11 is 0. The summed E-state index contributed by atoms with van der Waals surface area (Å²) in [5.74, 6) is 0.840. The lowest BCUT2D eigenvalue weighted by Gasteiger charge is -2.42. The predicted octanol–water partition coefficient (Wildman–Crippen LogP) is 2.56. The Morgan fingerprint density at radius 1 is 1.17 bits per heavy atom. The van der Waals surface area contributed by atoms with Gasteiger partial charge in [-0.05, 0) is 42.7 Å². The van der Waals surface area contributed by atoms with Gasteiger partial charge in [0.15, 0.2) is 0 Å². The van der Waals surface area contributed by atoms with Crippen molar-refractivity contribution < 1.29 is 0 Å². The molecule has 1 aromatic carbocycles. The van der Waals surface area contributed by atoms with Gasteiger partial charge in [-0.15, -0.1) is 0 Å². The maximum absolute atomic E-state index is 6.35. The van der Waals surface area contributed by atoms with Crippen LogP contribution in [0.15, 0.2) is 24.3 Å². The van der Waals surface area contributed by atoms with Crippen molar-refractivity contribution in [3.63, 3.8) is 0 Å². The molecule has 0 unspecified atom stereocenters. The highest BCUT2D eigenvalue weighted by Gasteiger charge is 2.32. The molecule has 0 saturated heterocycles. The van der Waals surface area contributed by atoms with Gasteiger partial charge in [-0.2, -0.15) is 0 Å². The van der Waals surface area contributed by atoms with E-state index in [0.29, 0.717) is 12.1 Å². The molecule has 0 radical (unpaired) electrons. The Morgan fingerprint density at radius 2 is 1.94 bits per heavy atom. The second-order valence-electron chi connectivity index (χ2n) is 6.14. The first-order chi connectivity index (χ1) is 8.74. The Balaban J connectivity index is 1.75. The molecule has 18 heavy (non-hydrogen) atoms. The first-order valence-electron chi connectivity index (χ1n) is 7.30. The van der Waals surface area contributed by atoms with E-state index in [-0.39, 0.29) is 0 Å². The summed E-state index contributed by atoms with van der Waals surface area (Å²) in [7, 11) is 0. The van der Waals surface area contributed by atoms with Gasteiger partial charge in [0.2, 0.25) is 0 Å². The largest absolute Gasteiger partial charge is 0.326 e. The summed E-state index contributed by atoms with van der Waals surface area (Å²) in [5.41, 5.74) is 9.39. The third-order valence-corrected chi connectivity index (χ3v) is 4.76. The standard InChI is InChI=1S/C16H24N2/c1-12-6-7-15(17)16(10-12)18-9-8-13-4-2-3-5-14(13)11-18/h2-5,12,15-16H,6-11,17H2,1H3/t12-,15-,16+/m0/s1. The number of nitrogens with two attached hydrogens (primary N) is 1. The lowest BCUT2D eigenvalue weighted by molar-refractivity contribution is 0.104. The van der Waals surface area contributed by atoms with Crippen molar-refractivity contribution in [2.45, 2.75) is 51.2 Å². The quantitative estimate of drug-likeness (QED) is 0.822. The molecule has 2 aliphatic rings. The third-order valence-electron chi connectivity index (χ3n) is 4.76. The lowest BCUT2D eigenvalue weighted by atomic mass is 9.82. The number of rotatable bonds is 1. The zero-order valence-electron chi connectivity index (χ0n) is 11.3. The average Bonchev–Trinajstić information content (AvgIpc) is 2.41. The summed E-state index contributed by atoms with van der Waals surface area (Å²) in [6.07, 6.45) is 4.98. The maximum atomic E-state index is 6.35. The van der Waals surface area contributed by atoms with Crippen molar-refractivity contribution in [3.8, 4) is 0 Å². The summed E-state index contributed by atoms with van der Waals surface area (Å²) < 4.78 is 0. The van der Waals surface area contributed by atoms with Crippen LogP contribution in [-0.2, 0) is 13.0 Å². The molecule has 1 fully saturated rings. The number of hydrogen-bond acceptors (Lipinski definition) is 2. The van der Waals surface area contributed by atoms with Gasteiger partial charge in [-0.25, -0.2) is 0 Å². The molecular weight excluding hydrogens is 220 g/mol. The highest BCUT2D eigenvalue weighted by atomic mass is 15.2. The van der Waals surface area contributed by atoms with Crippen LogP contribution in [0.1, 0.15) is 37.3 Å². The molecule has 0 spiro atoms. The fraction of sp³-hybridized carbons (Fsp3) is 0.625. The SMILES string of the molecule is C[C@H]1CC[C@H](N)[C@H](N2CCc3ccccc3C2)C1. The second kappa shape index (κ2) is 5.02. The normalized spacial score (nSPS) is 33.1. The first-order valence-corrected chi connectivity index (χ1v) is 7.30. The predicted molar refractivity (Wildman–Crippen MR) is 75.3 cm³/mol. The molecule has 0 bridgehead atoms. The molecule has 2 nitrogen and oxygen atoms in total. The van der Waals surface area contributed by atoms with E-state index in [1.54, 1.807) is 0 Å². The maximum Gasteiger partial charge on any atom is 0.0253 e. The van der Waals surface area contributed by atoms with Gasteiger partial charge in [0.25, 0.3) is 0 Å². The van der Waals surface area contributed by atoms with Crippen LogP contribution in [0.4, 0.5) is 0 Å². The minimum atomic E-state index is 0.381. The fourth-order valence-corrected chi connectivity index (χ4v) is 3.59. The van der Waals surface area contributed by atoms with Crippen molar-refractivity contribution in [2.24, 2.45) is 11.7 Å². The lowest BCUT2D eigenvalue weighted by Crippen LogP contribution is -2.52. The van der Waals surface area contributed by atoms with Crippen LogP contribution in [0.2, 0.25) is 0 Å². The van der Waals surface area contributed by atoms with Gasteiger partial charge < -0.3 is 5.73 Å². The zero-order valence-corrected chi connectivity index (χ0v) is 11.3. The first kappa shape index (κ1) is 12.2. The molecule has 1 saturated carbocycles. The molecular formula is C16H24N2. The van der Waals surface area contributed by atoms with Gasteiger partial charge in [0.05, 0.1) is 0 Å². The molecule has 0 aromatic heterocycles. The molecule has 1 aromatic rings. The monoisotopic (exact) mass is 244 g/mol.